The van der Waals surface area contributed by atoms with Crippen molar-refractivity contribution in [2.75, 3.05) is 12.8 Å². The van der Waals surface area contributed by atoms with Gasteiger partial charge in [0, 0.05) is 7.05 Å². The van der Waals surface area contributed by atoms with Gasteiger partial charge >= 0.3 is 6.09 Å². The van der Waals surface area contributed by atoms with Gasteiger partial charge in [0.15, 0.2) is 0 Å². The summed E-state index contributed by atoms with van der Waals surface area (Å²) in [6, 6.07) is 0. The molecule has 10 heavy (non-hydrogen) atoms. The molecule has 0 aliphatic heterocycles. The molecular formula is C4H8N2O3S. The minimum atomic E-state index is -0.591. The normalized spacial score (nSPS) is 8.50. The van der Waals surface area contributed by atoms with Crippen LogP contribution >= 0.6 is 12.0 Å². The number of carbonyl (C=O) groups is 2. The highest BCUT2D eigenvalue weighted by molar-refractivity contribution is 7.95. The van der Waals surface area contributed by atoms with Gasteiger partial charge in [0.1, 0.15) is 5.75 Å². The minimum absolute atomic E-state index is 0.0204. The van der Waals surface area contributed by atoms with Crippen molar-refractivity contribution in [2.24, 2.45) is 5.73 Å². The molecule has 0 saturated carbocycles. The van der Waals surface area contributed by atoms with Crippen LogP contribution in [-0.4, -0.2) is 24.8 Å². The number of hydrogen-bond acceptors (Lipinski definition) is 4. The van der Waals surface area contributed by atoms with Crippen LogP contribution in [0.5, 0.6) is 0 Å². The second-order valence-electron chi connectivity index (χ2n) is 1.35. The van der Waals surface area contributed by atoms with Gasteiger partial charge in [-0.2, -0.15) is 0 Å². The minimum Gasteiger partial charge on any atom is -0.375 e. The summed E-state index contributed by atoms with van der Waals surface area (Å²) in [5, 5.41) is 2.20. The molecule has 0 spiro atoms. The molecule has 0 rings (SSSR count). The van der Waals surface area contributed by atoms with E-state index in [1.807, 2.05) is 0 Å². The highest BCUT2D eigenvalue weighted by atomic mass is 32.2. The second-order valence-corrected chi connectivity index (χ2v) is 2.04. The van der Waals surface area contributed by atoms with Gasteiger partial charge in [0.25, 0.3) is 0 Å². The predicted molar refractivity (Wildman–Crippen MR) is 37.2 cm³/mol. The van der Waals surface area contributed by atoms with Gasteiger partial charge < -0.3 is 15.2 Å². The molecule has 0 aliphatic rings. The van der Waals surface area contributed by atoms with Crippen molar-refractivity contribution >= 4 is 24.0 Å². The van der Waals surface area contributed by atoms with E-state index >= 15 is 0 Å². The summed E-state index contributed by atoms with van der Waals surface area (Å²) >= 11 is 0.707. The average Bonchev–Trinajstić information content (AvgIpc) is 1.87. The first-order chi connectivity index (χ1) is 4.66. The Balaban J connectivity index is 3.20. The lowest BCUT2D eigenvalue weighted by molar-refractivity contribution is -0.115. The quantitative estimate of drug-likeness (QED) is 0.550. The molecule has 2 amide bonds. The molecule has 0 aliphatic carbocycles. The van der Waals surface area contributed by atoms with E-state index in [0.717, 1.165) is 0 Å². The van der Waals surface area contributed by atoms with Crippen LogP contribution in [0.1, 0.15) is 0 Å². The number of rotatable bonds is 3. The average molecular weight is 164 g/mol. The lowest BCUT2D eigenvalue weighted by Gasteiger charge is -1.97. The fourth-order valence-electron chi connectivity index (χ4n) is 0.183. The maximum atomic E-state index is 10.3. The zero-order valence-corrected chi connectivity index (χ0v) is 6.23. The molecule has 0 aromatic rings. The maximum absolute atomic E-state index is 10.3. The molecule has 0 aromatic heterocycles. The van der Waals surface area contributed by atoms with Crippen LogP contribution in [0.25, 0.3) is 0 Å². The molecule has 6 heteroatoms. The van der Waals surface area contributed by atoms with Crippen LogP contribution in [0.3, 0.4) is 0 Å². The Labute approximate surface area is 62.5 Å². The van der Waals surface area contributed by atoms with Gasteiger partial charge in [-0.3, -0.25) is 4.79 Å². The van der Waals surface area contributed by atoms with Crippen molar-refractivity contribution in [1.29, 1.82) is 0 Å². The molecule has 0 saturated heterocycles. The molecule has 58 valence electrons. The molecule has 0 fully saturated rings. The Bertz CT molecular complexity index is 138. The van der Waals surface area contributed by atoms with Crippen molar-refractivity contribution in [3.05, 3.63) is 0 Å². The zero-order valence-electron chi connectivity index (χ0n) is 5.42. The van der Waals surface area contributed by atoms with E-state index in [1.165, 1.54) is 7.05 Å². The zero-order chi connectivity index (χ0) is 7.98. The van der Waals surface area contributed by atoms with Crippen LogP contribution in [0.4, 0.5) is 4.79 Å². The van der Waals surface area contributed by atoms with Crippen molar-refractivity contribution in [3.8, 4) is 0 Å². The van der Waals surface area contributed by atoms with Crippen LogP contribution < -0.4 is 11.1 Å². The fraction of sp³-hybridized carbons (Fsp3) is 0.500. The Morgan fingerprint density at radius 1 is 1.70 bits per heavy atom. The summed E-state index contributed by atoms with van der Waals surface area (Å²) in [5.74, 6) is -0.540. The molecule has 0 bridgehead atoms. The van der Waals surface area contributed by atoms with Crippen LogP contribution in [0, 0.1) is 0 Å². The van der Waals surface area contributed by atoms with Gasteiger partial charge in [0.05, 0.1) is 12.0 Å². The third kappa shape index (κ3) is 5.23. The standard InChI is InChI=1S/C4H8N2O3S/c1-6-4(8)9-10-2-3(5)7/h2H2,1H3,(H2,5,7)(H,6,8). The SMILES string of the molecule is CNC(=O)OSCC(N)=O. The van der Waals surface area contributed by atoms with Gasteiger partial charge in [0.2, 0.25) is 5.91 Å². The number of nitrogens with one attached hydrogen (secondary N) is 1. The Hall–Kier alpha value is -0.910. The van der Waals surface area contributed by atoms with Crippen molar-refractivity contribution in [1.82, 2.24) is 5.32 Å². The van der Waals surface area contributed by atoms with Gasteiger partial charge in [-0.05, 0) is 0 Å². The lowest BCUT2D eigenvalue weighted by atomic mass is 10.8. The van der Waals surface area contributed by atoms with E-state index in [9.17, 15) is 9.59 Å². The third-order valence-corrected chi connectivity index (χ3v) is 1.21. The first-order valence-electron chi connectivity index (χ1n) is 2.46. The molecule has 0 heterocycles. The molecule has 0 atom stereocenters. The molecule has 0 unspecified atom stereocenters. The Kier molecular flexibility index (Phi) is 4.47. The first kappa shape index (κ1) is 9.09. The fourth-order valence-corrected chi connectivity index (χ4v) is 0.548. The molecule has 3 N–H and O–H groups in total. The first-order valence-corrected chi connectivity index (χ1v) is 3.37. The van der Waals surface area contributed by atoms with E-state index in [0.29, 0.717) is 12.0 Å². The van der Waals surface area contributed by atoms with Crippen LogP contribution in [0.2, 0.25) is 0 Å². The molecule has 0 aromatic carbocycles. The number of carbonyl (C=O) groups excluding carboxylic acids is 2. The van der Waals surface area contributed by atoms with Gasteiger partial charge in [-0.1, -0.05) is 0 Å². The van der Waals surface area contributed by atoms with Gasteiger partial charge in [-0.25, -0.2) is 4.79 Å². The summed E-state index contributed by atoms with van der Waals surface area (Å²) in [5.41, 5.74) is 4.75. The lowest BCUT2D eigenvalue weighted by Crippen LogP contribution is -2.19. The third-order valence-electron chi connectivity index (χ3n) is 0.540. The molecule has 5 nitrogen and oxygen atoms in total. The number of nitrogens with two attached hydrogens (primary N) is 1. The van der Waals surface area contributed by atoms with Crippen molar-refractivity contribution in [2.45, 2.75) is 0 Å². The summed E-state index contributed by atoms with van der Waals surface area (Å²) in [7, 11) is 1.42. The number of primary amides is 1. The highest BCUT2D eigenvalue weighted by Crippen LogP contribution is 1.99. The molecule has 0 radical (unpaired) electrons. The van der Waals surface area contributed by atoms with E-state index in [2.05, 4.69) is 9.50 Å². The topological polar surface area (TPSA) is 81.4 Å². The van der Waals surface area contributed by atoms with E-state index < -0.39 is 12.0 Å². The summed E-state index contributed by atoms with van der Waals surface area (Å²) in [6.45, 7) is 0. The van der Waals surface area contributed by atoms with E-state index in [1.54, 1.807) is 0 Å². The smallest absolute Gasteiger partial charge is 0.375 e. The predicted octanol–water partition coefficient (Wildman–Crippen LogP) is -0.524. The Morgan fingerprint density at radius 3 is 2.70 bits per heavy atom. The Morgan fingerprint density at radius 2 is 2.30 bits per heavy atom. The molecular weight excluding hydrogens is 156 g/mol. The van der Waals surface area contributed by atoms with Gasteiger partial charge in [-0.15, -0.1) is 0 Å². The van der Waals surface area contributed by atoms with E-state index in [-0.39, 0.29) is 5.75 Å². The van der Waals surface area contributed by atoms with Crippen LogP contribution in [0.15, 0.2) is 0 Å². The second kappa shape index (κ2) is 4.92. The van der Waals surface area contributed by atoms with Crippen molar-refractivity contribution in [3.63, 3.8) is 0 Å². The summed E-state index contributed by atoms with van der Waals surface area (Å²) in [4.78, 5) is 20.3. The maximum Gasteiger partial charge on any atom is 0.419 e. The highest BCUT2D eigenvalue weighted by Gasteiger charge is 2.00. The largest absolute Gasteiger partial charge is 0.419 e. The summed E-state index contributed by atoms with van der Waals surface area (Å²) in [6.07, 6.45) is -0.591. The monoisotopic (exact) mass is 164 g/mol. The number of amides is 2. The summed E-state index contributed by atoms with van der Waals surface area (Å²) < 4.78 is 4.37. The van der Waals surface area contributed by atoms with Crippen LogP contribution in [-0.2, 0) is 8.98 Å². The van der Waals surface area contributed by atoms with Crippen molar-refractivity contribution < 1.29 is 13.8 Å². The number of hydrogen-bond donors (Lipinski definition) is 2. The van der Waals surface area contributed by atoms with E-state index in [4.69, 9.17) is 5.73 Å².